The molecule has 2 aromatic carbocycles. The minimum atomic E-state index is -4.71. The van der Waals surface area contributed by atoms with Crippen molar-refractivity contribution in [3.05, 3.63) is 64.4 Å². The first kappa shape index (κ1) is 24.6. The van der Waals surface area contributed by atoms with E-state index in [0.29, 0.717) is 0 Å². The number of hydrogen-bond donors (Lipinski definition) is 2. The molecule has 1 unspecified atom stereocenters. The van der Waals surface area contributed by atoms with E-state index in [2.05, 4.69) is 5.48 Å². The fourth-order valence-corrected chi connectivity index (χ4v) is 3.34. The van der Waals surface area contributed by atoms with Crippen LogP contribution in [0.4, 0.5) is 23.2 Å². The van der Waals surface area contributed by atoms with Gasteiger partial charge in [-0.05, 0) is 12.5 Å². The average molecular weight is 491 g/mol. The Morgan fingerprint density at radius 2 is 1.64 bits per heavy atom. The van der Waals surface area contributed by atoms with Crippen LogP contribution in [0, 0.1) is 30.2 Å². The number of furan rings is 1. The van der Waals surface area contributed by atoms with Crippen molar-refractivity contribution in [3.63, 3.8) is 0 Å². The fraction of sp³-hybridized carbons (Fsp3) is 0.211. The number of benzene rings is 2. The minimum Gasteiger partial charge on any atom is -0.701 e. The Balaban J connectivity index is 1.82. The van der Waals surface area contributed by atoms with Gasteiger partial charge in [0.2, 0.25) is 11.6 Å². The number of halogens is 4. The molecule has 3 rings (SSSR count). The highest BCUT2D eigenvalue weighted by atomic mass is 32.2. The molecule has 9 nitrogen and oxygen atoms in total. The Morgan fingerprint density at radius 1 is 1.09 bits per heavy atom. The summed E-state index contributed by atoms with van der Waals surface area (Å²) in [6.45, 7) is 1.13. The smallest absolute Gasteiger partial charge is 0.361 e. The number of quaternary nitrogens is 1. The molecule has 178 valence electrons. The van der Waals surface area contributed by atoms with E-state index >= 15 is 0 Å². The van der Waals surface area contributed by atoms with E-state index in [1.54, 1.807) is 0 Å². The number of fused-ring (bicyclic) bond motifs is 1. The topological polar surface area (TPSA) is 135 Å². The Hall–Kier alpha value is -3.04. The van der Waals surface area contributed by atoms with Crippen molar-refractivity contribution >= 4 is 32.9 Å². The van der Waals surface area contributed by atoms with E-state index in [1.165, 1.54) is 38.4 Å². The summed E-state index contributed by atoms with van der Waals surface area (Å²) in [5.74, 6) is -9.54. The molecular formula is C19H17F4N3O6S. The summed E-state index contributed by atoms with van der Waals surface area (Å²) in [4.78, 5) is 17.2. The van der Waals surface area contributed by atoms with Crippen LogP contribution in [0.25, 0.3) is 11.0 Å². The molecule has 0 radical (unpaired) electrons. The van der Waals surface area contributed by atoms with Crippen molar-refractivity contribution in [1.82, 2.24) is 9.37 Å². The first-order chi connectivity index (χ1) is 15.2. The molecule has 0 saturated carbocycles. The highest BCUT2D eigenvalue weighted by molar-refractivity contribution is 7.85. The Bertz CT molecular complexity index is 1360. The van der Waals surface area contributed by atoms with Gasteiger partial charge in [0.25, 0.3) is 10.3 Å². The maximum atomic E-state index is 14.2. The minimum absolute atomic E-state index is 0.130. The van der Waals surface area contributed by atoms with Gasteiger partial charge < -0.3 is 19.5 Å². The molecule has 3 aromatic rings. The lowest BCUT2D eigenvalue weighted by molar-refractivity contribution is 0.0157. The van der Waals surface area contributed by atoms with E-state index in [1.807, 2.05) is 0 Å². The molecule has 0 fully saturated rings. The van der Waals surface area contributed by atoms with Crippen LogP contribution in [0.1, 0.15) is 27.8 Å². The highest BCUT2D eigenvalue weighted by Crippen LogP contribution is 2.33. The maximum absolute atomic E-state index is 14.2. The molecule has 0 amide bonds. The molecule has 0 bridgehead atoms. The maximum Gasteiger partial charge on any atom is 0.361 e. The zero-order chi connectivity index (χ0) is 24.9. The van der Waals surface area contributed by atoms with Crippen molar-refractivity contribution in [2.45, 2.75) is 13.1 Å². The van der Waals surface area contributed by atoms with E-state index in [9.17, 15) is 35.3 Å². The van der Waals surface area contributed by atoms with Crippen LogP contribution in [-0.2, 0) is 15.1 Å². The van der Waals surface area contributed by atoms with Crippen molar-refractivity contribution in [3.8, 4) is 0 Å². The van der Waals surface area contributed by atoms with E-state index in [0.717, 1.165) is 6.92 Å². The lowest BCUT2D eigenvalue weighted by atomic mass is 10.1. The van der Waals surface area contributed by atoms with Crippen molar-refractivity contribution in [1.29, 1.82) is 0 Å². The number of nitrogens with one attached hydrogen (secondary N) is 1. The highest BCUT2D eigenvalue weighted by Gasteiger charge is 2.31. The summed E-state index contributed by atoms with van der Waals surface area (Å²) >= 11 is 0. The third-order valence-electron chi connectivity index (χ3n) is 5.00. The molecule has 1 heterocycles. The van der Waals surface area contributed by atoms with Gasteiger partial charge in [-0.2, -0.15) is 12.8 Å². The van der Waals surface area contributed by atoms with Gasteiger partial charge in [-0.3, -0.25) is 0 Å². The van der Waals surface area contributed by atoms with Gasteiger partial charge in [-0.1, -0.05) is 12.1 Å². The molecule has 14 heteroatoms. The van der Waals surface area contributed by atoms with E-state index < -0.39 is 66.1 Å². The van der Waals surface area contributed by atoms with Gasteiger partial charge in [0.1, 0.15) is 23.2 Å². The lowest BCUT2D eigenvalue weighted by Gasteiger charge is -2.30. The van der Waals surface area contributed by atoms with E-state index in [-0.39, 0.29) is 17.0 Å². The molecule has 0 aliphatic heterocycles. The number of hydrogen-bond acceptors (Lipinski definition) is 8. The lowest BCUT2D eigenvalue weighted by Crippen LogP contribution is -2.46. The van der Waals surface area contributed by atoms with Crippen molar-refractivity contribution in [2.24, 2.45) is 5.73 Å². The van der Waals surface area contributed by atoms with Crippen molar-refractivity contribution < 1.29 is 44.6 Å². The molecule has 0 saturated heterocycles. The zero-order valence-electron chi connectivity index (χ0n) is 17.3. The van der Waals surface area contributed by atoms with Crippen molar-refractivity contribution in [2.75, 3.05) is 14.1 Å². The quantitative estimate of drug-likeness (QED) is 0.102. The number of nitrogens with two attached hydrogens (primary N) is 1. The first-order valence-corrected chi connectivity index (χ1v) is 10.4. The number of hydroxylamine groups is 1. The SMILES string of the molecule is Cc1oc2c(F)c(F)c(F)c(F)c2c1C(=O)ONC(N)c1ccc([N+](C)(C)S(=O)(=O)[O-])cc1. The summed E-state index contributed by atoms with van der Waals surface area (Å²) in [6, 6.07) is 5.35. The summed E-state index contributed by atoms with van der Waals surface area (Å²) in [6.07, 6.45) is -1.18. The average Bonchev–Trinajstić information content (AvgIpc) is 3.10. The van der Waals surface area contributed by atoms with Crippen LogP contribution in [0.3, 0.4) is 0 Å². The summed E-state index contributed by atoms with van der Waals surface area (Å²) < 4.78 is 93.2. The van der Waals surface area contributed by atoms with Gasteiger partial charge in [-0.25, -0.2) is 21.9 Å². The molecule has 1 aromatic heterocycles. The Kier molecular flexibility index (Phi) is 6.25. The first-order valence-electron chi connectivity index (χ1n) is 9.06. The molecule has 33 heavy (non-hydrogen) atoms. The van der Waals surface area contributed by atoms with Crippen LogP contribution in [0.15, 0.2) is 28.7 Å². The van der Waals surface area contributed by atoms with Gasteiger partial charge in [0.05, 0.1) is 19.5 Å². The fourth-order valence-electron chi connectivity index (χ4n) is 2.96. The molecule has 0 aliphatic carbocycles. The zero-order valence-corrected chi connectivity index (χ0v) is 18.1. The predicted octanol–water partition coefficient (Wildman–Crippen LogP) is 2.64. The second kappa shape index (κ2) is 8.39. The largest absolute Gasteiger partial charge is 0.701 e. The Labute approximate surface area is 184 Å². The second-order valence-corrected chi connectivity index (χ2v) is 9.12. The van der Waals surface area contributed by atoms with Crippen LogP contribution in [0.2, 0.25) is 0 Å². The van der Waals surface area contributed by atoms with Crippen LogP contribution < -0.4 is 15.1 Å². The number of rotatable bonds is 6. The Morgan fingerprint density at radius 3 is 2.18 bits per heavy atom. The van der Waals surface area contributed by atoms with Gasteiger partial charge in [0, 0.05) is 12.1 Å². The molecule has 0 aliphatic rings. The van der Waals surface area contributed by atoms with E-state index in [4.69, 9.17) is 15.0 Å². The number of aryl methyl sites for hydroxylation is 1. The standard InChI is InChI=1S/C19H17F4N3O6S/c1-8-11(12-13(20)14(21)15(22)16(23)17(12)31-8)19(27)32-25-18(24)9-4-6-10(7-5-9)26(2,3)33(28,29)30/h4-7,18,25H,24H2,1-3H3. The predicted molar refractivity (Wildman–Crippen MR) is 106 cm³/mol. The molecule has 3 N–H and O–H groups in total. The number of carbonyl (C=O) groups is 1. The van der Waals surface area contributed by atoms with Gasteiger partial charge >= 0.3 is 5.97 Å². The molecule has 0 spiro atoms. The van der Waals surface area contributed by atoms with Crippen LogP contribution in [0.5, 0.6) is 0 Å². The van der Waals surface area contributed by atoms with Gasteiger partial charge in [0.15, 0.2) is 17.2 Å². The summed E-state index contributed by atoms with van der Waals surface area (Å²) in [5, 5.41) is -0.938. The molecule has 1 atom stereocenters. The van der Waals surface area contributed by atoms with Crippen LogP contribution in [-0.4, -0.2) is 33.0 Å². The van der Waals surface area contributed by atoms with Gasteiger partial charge in [-0.15, -0.1) is 5.48 Å². The normalized spacial score (nSPS) is 13.4. The van der Waals surface area contributed by atoms with Crippen LogP contribution >= 0.6 is 0 Å². The number of carbonyl (C=O) groups excluding carboxylic acids is 1. The third kappa shape index (κ3) is 4.18. The summed E-state index contributed by atoms with van der Waals surface area (Å²) in [7, 11) is -2.37. The monoisotopic (exact) mass is 491 g/mol. The summed E-state index contributed by atoms with van der Waals surface area (Å²) in [5.41, 5.74) is 6.73. The number of nitrogens with zero attached hydrogens (tertiary/aromatic N) is 1. The molecular weight excluding hydrogens is 474 g/mol. The second-order valence-electron chi connectivity index (χ2n) is 7.35. The third-order valence-corrected chi connectivity index (χ3v) is 6.33.